The number of rotatable bonds is 7. The maximum atomic E-state index is 11.0. The first-order valence-corrected chi connectivity index (χ1v) is 8.69. The molecule has 4 rings (SSSR count). The fourth-order valence-electron chi connectivity index (χ4n) is 2.94. The van der Waals surface area contributed by atoms with Crippen LogP contribution in [0.15, 0.2) is 48.7 Å². The molecule has 0 spiro atoms. The van der Waals surface area contributed by atoms with Crippen molar-refractivity contribution < 1.29 is 19.7 Å². The Kier molecular flexibility index (Phi) is 4.44. The molecule has 1 aliphatic carbocycles. The summed E-state index contributed by atoms with van der Waals surface area (Å²) in [6.07, 6.45) is 3.54. The number of hydrogen-bond acceptors (Lipinski definition) is 4. The van der Waals surface area contributed by atoms with Crippen LogP contribution in [0.3, 0.4) is 0 Å². The second kappa shape index (κ2) is 6.90. The summed E-state index contributed by atoms with van der Waals surface area (Å²) in [5.41, 5.74) is 2.71. The number of benzene rings is 2. The van der Waals surface area contributed by atoms with Crippen LogP contribution in [0.25, 0.3) is 16.6 Å². The van der Waals surface area contributed by atoms with Crippen molar-refractivity contribution in [2.75, 3.05) is 13.2 Å². The number of ether oxygens (including phenoxy) is 1. The van der Waals surface area contributed by atoms with Crippen molar-refractivity contribution >= 4 is 16.9 Å². The van der Waals surface area contributed by atoms with E-state index >= 15 is 0 Å². The van der Waals surface area contributed by atoms with Crippen LogP contribution in [0.2, 0.25) is 0 Å². The van der Waals surface area contributed by atoms with E-state index < -0.39 is 12.1 Å². The van der Waals surface area contributed by atoms with E-state index in [-0.39, 0.29) is 5.56 Å². The number of aromatic carboxylic acids is 1. The van der Waals surface area contributed by atoms with E-state index in [2.05, 4.69) is 5.10 Å². The average molecular weight is 352 g/mol. The molecule has 0 radical (unpaired) electrons. The lowest BCUT2D eigenvalue weighted by molar-refractivity contribution is 0.0315. The van der Waals surface area contributed by atoms with Crippen molar-refractivity contribution in [2.24, 2.45) is 5.92 Å². The molecule has 3 aromatic rings. The SMILES string of the molecule is O=C(O)c1ccc(-n2ncc3cc(C(O)COCC4CC4)ccc32)cc1. The van der Waals surface area contributed by atoms with Crippen LogP contribution in [-0.2, 0) is 4.74 Å². The molecule has 0 aliphatic heterocycles. The van der Waals surface area contributed by atoms with Crippen LogP contribution >= 0.6 is 0 Å². The van der Waals surface area contributed by atoms with E-state index in [1.165, 1.54) is 12.8 Å². The normalized spacial score (nSPS) is 15.3. The Bertz CT molecular complexity index is 929. The highest BCUT2D eigenvalue weighted by Crippen LogP contribution is 2.29. The first-order chi connectivity index (χ1) is 12.6. The molecular weight excluding hydrogens is 332 g/mol. The van der Waals surface area contributed by atoms with Gasteiger partial charge in [0, 0.05) is 12.0 Å². The molecule has 1 saturated carbocycles. The standard InChI is InChI=1S/C20H20N2O4/c23-19(12-26-11-13-1-2-13)15-5-8-18-16(9-15)10-21-22(18)17-6-3-14(4-7-17)20(24)25/h3-10,13,19,23H,1-2,11-12H2,(H,24,25). The Morgan fingerprint density at radius 2 is 2.00 bits per heavy atom. The highest BCUT2D eigenvalue weighted by Gasteiger charge is 2.22. The Balaban J connectivity index is 1.53. The minimum absolute atomic E-state index is 0.238. The third-order valence-corrected chi connectivity index (χ3v) is 4.66. The zero-order valence-electron chi connectivity index (χ0n) is 14.2. The maximum Gasteiger partial charge on any atom is 0.335 e. The van der Waals surface area contributed by atoms with Gasteiger partial charge in [-0.1, -0.05) is 6.07 Å². The summed E-state index contributed by atoms with van der Waals surface area (Å²) in [4.78, 5) is 11.0. The first-order valence-electron chi connectivity index (χ1n) is 8.69. The minimum atomic E-state index is -0.954. The van der Waals surface area contributed by atoms with Crippen molar-refractivity contribution in [1.29, 1.82) is 0 Å². The quantitative estimate of drug-likeness (QED) is 0.682. The van der Waals surface area contributed by atoms with Gasteiger partial charge >= 0.3 is 5.97 Å². The lowest BCUT2D eigenvalue weighted by Crippen LogP contribution is -2.08. The molecule has 1 fully saturated rings. The largest absolute Gasteiger partial charge is 0.478 e. The van der Waals surface area contributed by atoms with Gasteiger partial charge in [0.15, 0.2) is 0 Å². The summed E-state index contributed by atoms with van der Waals surface area (Å²) in [5.74, 6) is -0.278. The van der Waals surface area contributed by atoms with Gasteiger partial charge in [0.25, 0.3) is 0 Å². The number of carboxylic acid groups (broad SMARTS) is 1. The van der Waals surface area contributed by atoms with Crippen molar-refractivity contribution in [3.05, 3.63) is 59.8 Å². The molecule has 1 atom stereocenters. The number of aliphatic hydroxyl groups excluding tert-OH is 1. The van der Waals surface area contributed by atoms with E-state index in [1.807, 2.05) is 18.2 Å². The van der Waals surface area contributed by atoms with Gasteiger partial charge in [-0.2, -0.15) is 5.10 Å². The van der Waals surface area contributed by atoms with Gasteiger partial charge in [-0.25, -0.2) is 9.48 Å². The van der Waals surface area contributed by atoms with Gasteiger partial charge in [-0.3, -0.25) is 0 Å². The van der Waals surface area contributed by atoms with Gasteiger partial charge in [0.2, 0.25) is 0 Å². The van der Waals surface area contributed by atoms with E-state index in [0.717, 1.165) is 28.8 Å². The van der Waals surface area contributed by atoms with E-state index in [1.54, 1.807) is 35.1 Å². The van der Waals surface area contributed by atoms with Crippen LogP contribution in [0, 0.1) is 5.92 Å². The highest BCUT2D eigenvalue weighted by atomic mass is 16.5. The molecule has 1 aliphatic rings. The molecule has 1 unspecified atom stereocenters. The van der Waals surface area contributed by atoms with Gasteiger partial charge in [-0.15, -0.1) is 0 Å². The number of nitrogens with zero attached hydrogens (tertiary/aromatic N) is 2. The number of fused-ring (bicyclic) bond motifs is 1. The van der Waals surface area contributed by atoms with E-state index in [9.17, 15) is 9.90 Å². The maximum absolute atomic E-state index is 11.0. The second-order valence-corrected chi connectivity index (χ2v) is 6.72. The second-order valence-electron chi connectivity index (χ2n) is 6.72. The number of aliphatic hydroxyl groups is 1. The molecule has 0 saturated heterocycles. The van der Waals surface area contributed by atoms with Gasteiger partial charge < -0.3 is 14.9 Å². The topological polar surface area (TPSA) is 84.6 Å². The Morgan fingerprint density at radius 3 is 2.69 bits per heavy atom. The van der Waals surface area contributed by atoms with Gasteiger partial charge in [-0.05, 0) is 60.7 Å². The average Bonchev–Trinajstić information content (AvgIpc) is 3.38. The molecular formula is C20H20N2O4. The third-order valence-electron chi connectivity index (χ3n) is 4.66. The zero-order chi connectivity index (χ0) is 18.1. The van der Waals surface area contributed by atoms with Gasteiger partial charge in [0.05, 0.1) is 29.6 Å². The number of aromatic nitrogens is 2. The Hall–Kier alpha value is -2.70. The van der Waals surface area contributed by atoms with Crippen molar-refractivity contribution in [2.45, 2.75) is 18.9 Å². The smallest absolute Gasteiger partial charge is 0.335 e. The van der Waals surface area contributed by atoms with Crippen LogP contribution in [-0.4, -0.2) is 39.2 Å². The lowest BCUT2D eigenvalue weighted by atomic mass is 10.1. The Labute approximate surface area is 150 Å². The van der Waals surface area contributed by atoms with Gasteiger partial charge in [0.1, 0.15) is 6.10 Å². The monoisotopic (exact) mass is 352 g/mol. The molecule has 2 N–H and O–H groups in total. The third kappa shape index (κ3) is 3.47. The summed E-state index contributed by atoms with van der Waals surface area (Å²) in [6.45, 7) is 1.02. The molecule has 1 aromatic heterocycles. The summed E-state index contributed by atoms with van der Waals surface area (Å²) in [7, 11) is 0. The molecule has 134 valence electrons. The number of carboxylic acids is 1. The zero-order valence-corrected chi connectivity index (χ0v) is 14.2. The first kappa shape index (κ1) is 16.8. The van der Waals surface area contributed by atoms with Crippen LogP contribution in [0.5, 0.6) is 0 Å². The Morgan fingerprint density at radius 1 is 1.23 bits per heavy atom. The van der Waals surface area contributed by atoms with Crippen molar-refractivity contribution in [1.82, 2.24) is 9.78 Å². The molecule has 0 bridgehead atoms. The number of carbonyl (C=O) groups is 1. The van der Waals surface area contributed by atoms with E-state index in [0.29, 0.717) is 12.5 Å². The molecule has 6 nitrogen and oxygen atoms in total. The molecule has 6 heteroatoms. The molecule has 1 heterocycles. The predicted molar refractivity (Wildman–Crippen MR) is 96.5 cm³/mol. The molecule has 2 aromatic carbocycles. The van der Waals surface area contributed by atoms with Crippen LogP contribution < -0.4 is 0 Å². The summed E-state index contributed by atoms with van der Waals surface area (Å²) < 4.78 is 7.32. The predicted octanol–water partition coefficient (Wildman–Crippen LogP) is 3.18. The lowest BCUT2D eigenvalue weighted by Gasteiger charge is -2.12. The number of hydrogen-bond donors (Lipinski definition) is 2. The highest BCUT2D eigenvalue weighted by molar-refractivity contribution is 5.88. The van der Waals surface area contributed by atoms with Crippen LogP contribution in [0.4, 0.5) is 0 Å². The van der Waals surface area contributed by atoms with Crippen molar-refractivity contribution in [3.63, 3.8) is 0 Å². The summed E-state index contributed by atoms with van der Waals surface area (Å²) in [6, 6.07) is 12.3. The minimum Gasteiger partial charge on any atom is -0.478 e. The molecule has 0 amide bonds. The molecule has 26 heavy (non-hydrogen) atoms. The fourth-order valence-corrected chi connectivity index (χ4v) is 2.94. The van der Waals surface area contributed by atoms with E-state index in [4.69, 9.17) is 9.84 Å². The van der Waals surface area contributed by atoms with Crippen molar-refractivity contribution in [3.8, 4) is 5.69 Å². The fraction of sp³-hybridized carbons (Fsp3) is 0.300. The summed E-state index contributed by atoms with van der Waals surface area (Å²) >= 11 is 0. The van der Waals surface area contributed by atoms with Crippen LogP contribution in [0.1, 0.15) is 34.9 Å². The summed E-state index contributed by atoms with van der Waals surface area (Å²) in [5, 5.41) is 24.6.